The van der Waals surface area contributed by atoms with Crippen LogP contribution in [0.3, 0.4) is 0 Å². The number of ether oxygens (including phenoxy) is 2. The highest BCUT2D eigenvalue weighted by molar-refractivity contribution is 5.91. The standard InChI is InChI=1S/C34H34O4/c1-32-17-16-28-27-14-13-26(37-30(35)23-8-4-2-5-9-23)22-25(27)12-15-29(28)33(32)18-20-34(32,21-19-33)38-31(36)24-10-6-3-7-11-24/h2-11,13-14,22,28-29H,12,15-21H2,1H3/t28-,29-,32+,33?,34?/m1/s1. The average molecular weight is 507 g/mol. The molecule has 3 saturated carbocycles. The molecule has 0 heterocycles. The first-order valence-electron chi connectivity index (χ1n) is 14.1. The Morgan fingerprint density at radius 1 is 0.763 bits per heavy atom. The second kappa shape index (κ2) is 8.56. The Hall–Kier alpha value is -3.40. The third-order valence-corrected chi connectivity index (χ3v) is 11.0. The number of carbonyl (C=O) groups is 2. The molecule has 0 N–H and O–H groups in total. The fourth-order valence-corrected chi connectivity index (χ4v) is 9.09. The van der Waals surface area contributed by atoms with Crippen LogP contribution < -0.4 is 4.74 Å². The third-order valence-electron chi connectivity index (χ3n) is 11.0. The van der Waals surface area contributed by atoms with Crippen LogP contribution in [0.5, 0.6) is 5.75 Å². The molecule has 0 unspecified atom stereocenters. The van der Waals surface area contributed by atoms with E-state index in [1.54, 1.807) is 12.1 Å². The lowest BCUT2D eigenvalue weighted by atomic mass is 9.48. The Morgan fingerprint density at radius 2 is 1.42 bits per heavy atom. The molecule has 0 saturated heterocycles. The molecule has 0 radical (unpaired) electrons. The van der Waals surface area contributed by atoms with Crippen LogP contribution in [0, 0.1) is 16.7 Å². The minimum atomic E-state index is -0.347. The topological polar surface area (TPSA) is 52.6 Å². The Labute approximate surface area is 224 Å². The summed E-state index contributed by atoms with van der Waals surface area (Å²) in [6.07, 6.45) is 8.60. The van der Waals surface area contributed by atoms with Gasteiger partial charge in [-0.25, -0.2) is 9.59 Å². The molecule has 0 aromatic heterocycles. The number of fused-ring (bicyclic) bond motifs is 3. The molecule has 3 atom stereocenters. The monoisotopic (exact) mass is 506 g/mol. The van der Waals surface area contributed by atoms with Crippen LogP contribution in [-0.2, 0) is 11.2 Å². The zero-order chi connectivity index (χ0) is 26.0. The smallest absolute Gasteiger partial charge is 0.343 e. The van der Waals surface area contributed by atoms with Crippen LogP contribution in [0.1, 0.15) is 89.6 Å². The first-order valence-corrected chi connectivity index (χ1v) is 14.1. The molecular weight excluding hydrogens is 472 g/mol. The second-order valence-corrected chi connectivity index (χ2v) is 12.1. The largest absolute Gasteiger partial charge is 0.455 e. The first kappa shape index (κ1) is 23.7. The van der Waals surface area contributed by atoms with E-state index in [0.717, 1.165) is 51.4 Å². The molecule has 4 nitrogen and oxygen atoms in total. The molecule has 3 fully saturated rings. The molecule has 4 aliphatic carbocycles. The summed E-state index contributed by atoms with van der Waals surface area (Å²) in [5, 5.41) is 0. The van der Waals surface area contributed by atoms with Crippen LogP contribution in [0.25, 0.3) is 0 Å². The van der Waals surface area contributed by atoms with E-state index < -0.39 is 0 Å². The van der Waals surface area contributed by atoms with E-state index in [0.29, 0.717) is 28.7 Å². The van der Waals surface area contributed by atoms with E-state index in [1.807, 2.05) is 54.6 Å². The van der Waals surface area contributed by atoms with Crippen molar-refractivity contribution in [2.45, 2.75) is 69.8 Å². The zero-order valence-electron chi connectivity index (χ0n) is 22.0. The van der Waals surface area contributed by atoms with E-state index in [-0.39, 0.29) is 28.4 Å². The molecule has 2 bridgehead atoms. The molecule has 3 aromatic rings. The number of hydrogen-bond donors (Lipinski definition) is 0. The van der Waals surface area contributed by atoms with Crippen molar-refractivity contribution in [3.8, 4) is 5.75 Å². The molecule has 194 valence electrons. The lowest BCUT2D eigenvalue weighted by Gasteiger charge is -2.57. The number of esters is 2. The summed E-state index contributed by atoms with van der Waals surface area (Å²) in [6.45, 7) is 2.43. The summed E-state index contributed by atoms with van der Waals surface area (Å²) in [6, 6.07) is 24.9. The van der Waals surface area contributed by atoms with E-state index in [9.17, 15) is 9.59 Å². The predicted octanol–water partition coefficient (Wildman–Crippen LogP) is 7.52. The number of aryl methyl sites for hydroxylation is 1. The van der Waals surface area contributed by atoms with Gasteiger partial charge in [-0.15, -0.1) is 0 Å². The third kappa shape index (κ3) is 3.28. The van der Waals surface area contributed by atoms with Crippen molar-refractivity contribution >= 4 is 11.9 Å². The normalized spacial score (nSPS) is 32.6. The van der Waals surface area contributed by atoms with Gasteiger partial charge in [-0.05, 0) is 116 Å². The van der Waals surface area contributed by atoms with Crippen LogP contribution in [0.15, 0.2) is 78.9 Å². The van der Waals surface area contributed by atoms with E-state index in [1.165, 1.54) is 11.1 Å². The summed E-state index contributed by atoms with van der Waals surface area (Å²) >= 11 is 0. The van der Waals surface area contributed by atoms with Gasteiger partial charge in [0.1, 0.15) is 11.4 Å². The summed E-state index contributed by atoms with van der Waals surface area (Å²) in [5.41, 5.74) is 3.87. The maximum Gasteiger partial charge on any atom is 0.343 e. The van der Waals surface area contributed by atoms with Crippen molar-refractivity contribution in [1.82, 2.24) is 0 Å². The van der Waals surface area contributed by atoms with Gasteiger partial charge in [0.25, 0.3) is 0 Å². The highest BCUT2D eigenvalue weighted by Gasteiger charge is 2.75. The van der Waals surface area contributed by atoms with Crippen LogP contribution >= 0.6 is 0 Å². The van der Waals surface area contributed by atoms with Crippen LogP contribution in [-0.4, -0.2) is 17.5 Å². The van der Waals surface area contributed by atoms with Gasteiger partial charge in [0, 0.05) is 5.41 Å². The van der Waals surface area contributed by atoms with E-state index >= 15 is 0 Å². The molecule has 38 heavy (non-hydrogen) atoms. The fraction of sp³-hybridized carbons (Fsp3) is 0.412. The van der Waals surface area contributed by atoms with Crippen LogP contribution in [0.2, 0.25) is 0 Å². The highest BCUT2D eigenvalue weighted by atomic mass is 16.6. The maximum atomic E-state index is 13.2. The van der Waals surface area contributed by atoms with E-state index in [4.69, 9.17) is 9.47 Å². The van der Waals surface area contributed by atoms with Crippen LogP contribution in [0.4, 0.5) is 0 Å². The summed E-state index contributed by atoms with van der Waals surface area (Å²) in [4.78, 5) is 25.8. The second-order valence-electron chi connectivity index (χ2n) is 12.1. The number of rotatable bonds is 4. The van der Waals surface area contributed by atoms with Crippen molar-refractivity contribution in [3.05, 3.63) is 101 Å². The minimum Gasteiger partial charge on any atom is -0.455 e. The van der Waals surface area contributed by atoms with Gasteiger partial charge in [-0.2, -0.15) is 0 Å². The summed E-state index contributed by atoms with van der Waals surface area (Å²) in [5.74, 6) is 1.27. The van der Waals surface area contributed by atoms with Gasteiger partial charge in [0.15, 0.2) is 0 Å². The molecular formula is C34H34O4. The van der Waals surface area contributed by atoms with Gasteiger partial charge >= 0.3 is 11.9 Å². The first-order chi connectivity index (χ1) is 18.4. The molecule has 4 aliphatic rings. The minimum absolute atomic E-state index is 0.0221. The molecule has 0 spiro atoms. The highest BCUT2D eigenvalue weighted by Crippen LogP contribution is 2.78. The Balaban J connectivity index is 1.13. The predicted molar refractivity (Wildman–Crippen MR) is 145 cm³/mol. The Bertz CT molecular complexity index is 1390. The van der Waals surface area contributed by atoms with Crippen molar-refractivity contribution in [3.63, 3.8) is 0 Å². The Kier molecular flexibility index (Phi) is 5.34. The van der Waals surface area contributed by atoms with Crippen molar-refractivity contribution in [2.75, 3.05) is 0 Å². The van der Waals surface area contributed by atoms with E-state index in [2.05, 4.69) is 19.1 Å². The maximum absolute atomic E-state index is 13.2. The average Bonchev–Trinajstić information content (AvgIpc) is 3.36. The summed E-state index contributed by atoms with van der Waals surface area (Å²) < 4.78 is 12.2. The number of hydrogen-bond acceptors (Lipinski definition) is 4. The number of carbonyl (C=O) groups excluding carboxylic acids is 2. The quantitative estimate of drug-likeness (QED) is 0.271. The lowest BCUT2D eigenvalue weighted by Crippen LogP contribution is -2.53. The van der Waals surface area contributed by atoms with Gasteiger partial charge < -0.3 is 9.47 Å². The van der Waals surface area contributed by atoms with Gasteiger partial charge in [-0.1, -0.05) is 49.4 Å². The van der Waals surface area contributed by atoms with Crippen molar-refractivity contribution in [1.29, 1.82) is 0 Å². The molecule has 0 amide bonds. The molecule has 4 heteroatoms. The van der Waals surface area contributed by atoms with Gasteiger partial charge in [-0.3, -0.25) is 0 Å². The molecule has 7 rings (SSSR count). The molecule has 0 aliphatic heterocycles. The lowest BCUT2D eigenvalue weighted by molar-refractivity contribution is -0.109. The van der Waals surface area contributed by atoms with Gasteiger partial charge in [0.2, 0.25) is 0 Å². The number of benzene rings is 3. The Morgan fingerprint density at radius 3 is 2.11 bits per heavy atom. The van der Waals surface area contributed by atoms with Crippen molar-refractivity contribution < 1.29 is 19.1 Å². The SMILES string of the molecule is C[C@]12CC[C@@H]3c4ccc(OC(=O)c5ccccc5)cc4CC[C@H]3C13CCC2(OC(=O)c1ccccc1)CC3. The molecule has 3 aromatic carbocycles. The van der Waals surface area contributed by atoms with Crippen molar-refractivity contribution in [2.24, 2.45) is 16.7 Å². The van der Waals surface area contributed by atoms with Gasteiger partial charge in [0.05, 0.1) is 11.1 Å². The fourth-order valence-electron chi connectivity index (χ4n) is 9.09. The zero-order valence-corrected chi connectivity index (χ0v) is 22.0. The summed E-state index contributed by atoms with van der Waals surface area (Å²) in [7, 11) is 0.